The summed E-state index contributed by atoms with van der Waals surface area (Å²) in [6, 6.07) is 12.7. The van der Waals surface area contributed by atoms with Gasteiger partial charge in [0.15, 0.2) is 0 Å². The Hall–Kier alpha value is -2.51. The highest BCUT2D eigenvalue weighted by atomic mass is 32.2. The van der Waals surface area contributed by atoms with Crippen LogP contribution in [0, 0.1) is 5.82 Å². The monoisotopic (exact) mass is 347 g/mol. The smallest absolute Gasteiger partial charge is 0.336 e. The van der Waals surface area contributed by atoms with E-state index in [0.717, 1.165) is 0 Å². The second-order valence-corrected chi connectivity index (χ2v) is 7.39. The molecule has 0 aliphatic rings. The number of nitrogens with zero attached hydrogens (tertiary/aromatic N) is 1. The van der Waals surface area contributed by atoms with Crippen LogP contribution < -0.4 is 5.63 Å². The first kappa shape index (κ1) is 16.4. The lowest BCUT2D eigenvalue weighted by molar-refractivity contribution is 0.466. The van der Waals surface area contributed by atoms with E-state index in [2.05, 4.69) is 0 Å². The van der Waals surface area contributed by atoms with Gasteiger partial charge in [0.25, 0.3) is 0 Å². The first-order chi connectivity index (χ1) is 11.4. The number of sulfonamides is 1. The third-order valence-electron chi connectivity index (χ3n) is 3.62. The first-order valence-electron chi connectivity index (χ1n) is 7.11. The van der Waals surface area contributed by atoms with Crippen molar-refractivity contribution >= 4 is 21.0 Å². The second kappa shape index (κ2) is 6.18. The van der Waals surface area contributed by atoms with Crippen LogP contribution in [0.2, 0.25) is 0 Å². The minimum atomic E-state index is -3.73. The summed E-state index contributed by atoms with van der Waals surface area (Å²) < 4.78 is 44.5. The van der Waals surface area contributed by atoms with Gasteiger partial charge in [0.2, 0.25) is 10.0 Å². The van der Waals surface area contributed by atoms with Gasteiger partial charge in [-0.15, -0.1) is 0 Å². The third-order valence-corrected chi connectivity index (χ3v) is 5.42. The maximum Gasteiger partial charge on any atom is 0.336 e. The molecule has 0 aliphatic heterocycles. The largest absolute Gasteiger partial charge is 0.423 e. The number of fused-ring (bicyclic) bond motifs is 1. The Labute approximate surface area is 138 Å². The molecule has 0 atom stereocenters. The fourth-order valence-corrected chi connectivity index (χ4v) is 3.52. The molecule has 0 fully saturated rings. The molecule has 0 radical (unpaired) electrons. The van der Waals surface area contributed by atoms with Gasteiger partial charge in [0, 0.05) is 25.0 Å². The van der Waals surface area contributed by atoms with Gasteiger partial charge in [0.05, 0.1) is 4.90 Å². The van der Waals surface area contributed by atoms with Crippen molar-refractivity contribution in [3.8, 4) is 0 Å². The fourth-order valence-electron chi connectivity index (χ4n) is 2.32. The van der Waals surface area contributed by atoms with E-state index >= 15 is 0 Å². The average Bonchev–Trinajstić information content (AvgIpc) is 2.56. The van der Waals surface area contributed by atoms with Gasteiger partial charge in [-0.3, -0.25) is 0 Å². The minimum absolute atomic E-state index is 0.0912. The van der Waals surface area contributed by atoms with Gasteiger partial charge >= 0.3 is 5.63 Å². The number of hydrogen-bond acceptors (Lipinski definition) is 4. The van der Waals surface area contributed by atoms with Crippen LogP contribution in [0.3, 0.4) is 0 Å². The van der Waals surface area contributed by atoms with Gasteiger partial charge in [-0.05, 0) is 42.0 Å². The number of benzene rings is 2. The van der Waals surface area contributed by atoms with Gasteiger partial charge in [-0.2, -0.15) is 4.31 Å². The zero-order valence-corrected chi connectivity index (χ0v) is 13.6. The van der Waals surface area contributed by atoms with E-state index in [9.17, 15) is 17.6 Å². The van der Waals surface area contributed by atoms with Crippen LogP contribution in [0.5, 0.6) is 0 Å². The Bertz CT molecular complexity index is 1040. The molecule has 0 amide bonds. The normalized spacial score (nSPS) is 12.0. The van der Waals surface area contributed by atoms with E-state index in [1.807, 2.05) is 0 Å². The van der Waals surface area contributed by atoms with Gasteiger partial charge < -0.3 is 4.42 Å². The number of hydrogen-bond donors (Lipinski definition) is 0. The van der Waals surface area contributed by atoms with Crippen LogP contribution in [-0.4, -0.2) is 19.8 Å². The Morgan fingerprint density at radius 2 is 1.75 bits per heavy atom. The summed E-state index contributed by atoms with van der Waals surface area (Å²) in [5, 5.41) is 0.519. The topological polar surface area (TPSA) is 67.6 Å². The van der Waals surface area contributed by atoms with Crippen molar-refractivity contribution < 1.29 is 17.2 Å². The first-order valence-corrected chi connectivity index (χ1v) is 8.55. The van der Waals surface area contributed by atoms with Crippen molar-refractivity contribution in [3.05, 3.63) is 76.4 Å². The highest BCUT2D eigenvalue weighted by molar-refractivity contribution is 7.89. The lowest BCUT2D eigenvalue weighted by Crippen LogP contribution is -2.26. The van der Waals surface area contributed by atoms with E-state index in [-0.39, 0.29) is 17.3 Å². The van der Waals surface area contributed by atoms with Gasteiger partial charge in [-0.1, -0.05) is 12.1 Å². The van der Waals surface area contributed by atoms with Crippen molar-refractivity contribution in [1.82, 2.24) is 4.31 Å². The van der Waals surface area contributed by atoms with Crippen molar-refractivity contribution in [2.24, 2.45) is 0 Å². The summed E-state index contributed by atoms with van der Waals surface area (Å²) in [4.78, 5) is 11.3. The zero-order valence-electron chi connectivity index (χ0n) is 12.8. The van der Waals surface area contributed by atoms with E-state index in [4.69, 9.17) is 4.42 Å². The highest BCUT2D eigenvalue weighted by Crippen LogP contribution is 2.21. The summed E-state index contributed by atoms with van der Waals surface area (Å²) >= 11 is 0. The Kier molecular flexibility index (Phi) is 4.21. The standard InChI is InChI=1S/C17H14FNO4S/c1-19(11-12-2-5-14(18)6-3-12)24(21,22)15-7-8-16-13(10-15)4-9-17(20)23-16/h2-10H,11H2,1H3. The Morgan fingerprint density at radius 3 is 2.46 bits per heavy atom. The molecule has 5 nitrogen and oxygen atoms in total. The summed E-state index contributed by atoms with van der Waals surface area (Å²) in [5.74, 6) is -0.375. The molecule has 0 bridgehead atoms. The maximum absolute atomic E-state index is 12.9. The van der Waals surface area contributed by atoms with Gasteiger partial charge in [-0.25, -0.2) is 17.6 Å². The van der Waals surface area contributed by atoms with E-state index in [1.165, 1.54) is 66.0 Å². The predicted molar refractivity (Wildman–Crippen MR) is 87.5 cm³/mol. The molecule has 1 aromatic heterocycles. The molecule has 0 N–H and O–H groups in total. The Balaban J connectivity index is 1.92. The molecule has 0 unspecified atom stereocenters. The average molecular weight is 347 g/mol. The van der Waals surface area contributed by atoms with Crippen LogP contribution in [0.1, 0.15) is 5.56 Å². The van der Waals surface area contributed by atoms with Crippen LogP contribution in [-0.2, 0) is 16.6 Å². The lowest BCUT2D eigenvalue weighted by atomic mass is 10.2. The molecule has 3 rings (SSSR count). The van der Waals surface area contributed by atoms with Crippen LogP contribution >= 0.6 is 0 Å². The SMILES string of the molecule is CN(Cc1ccc(F)cc1)S(=O)(=O)c1ccc2oc(=O)ccc2c1. The summed E-state index contributed by atoms with van der Waals surface area (Å²) in [6.07, 6.45) is 0. The van der Waals surface area contributed by atoms with Crippen LogP contribution in [0.25, 0.3) is 11.0 Å². The molecule has 0 aliphatic carbocycles. The van der Waals surface area contributed by atoms with E-state index in [1.54, 1.807) is 0 Å². The van der Waals surface area contributed by atoms with Crippen molar-refractivity contribution in [1.29, 1.82) is 0 Å². The molecule has 7 heteroatoms. The molecule has 0 saturated heterocycles. The lowest BCUT2D eigenvalue weighted by Gasteiger charge is -2.17. The van der Waals surface area contributed by atoms with Crippen molar-refractivity contribution in [3.63, 3.8) is 0 Å². The highest BCUT2D eigenvalue weighted by Gasteiger charge is 2.21. The molecule has 124 valence electrons. The second-order valence-electron chi connectivity index (χ2n) is 5.34. The number of halogens is 1. The minimum Gasteiger partial charge on any atom is -0.423 e. The maximum atomic E-state index is 12.9. The number of rotatable bonds is 4. The van der Waals surface area contributed by atoms with Crippen molar-refractivity contribution in [2.75, 3.05) is 7.05 Å². The molecule has 0 saturated carbocycles. The fraction of sp³-hybridized carbons (Fsp3) is 0.118. The molecule has 0 spiro atoms. The van der Waals surface area contributed by atoms with Crippen molar-refractivity contribution in [2.45, 2.75) is 11.4 Å². The molecular formula is C17H14FNO4S. The third kappa shape index (κ3) is 3.22. The van der Waals surface area contributed by atoms with E-state index in [0.29, 0.717) is 16.5 Å². The quantitative estimate of drug-likeness (QED) is 0.681. The predicted octanol–water partition coefficient (Wildman–Crippen LogP) is 2.75. The molecule has 2 aromatic carbocycles. The molecule has 3 aromatic rings. The van der Waals surface area contributed by atoms with Crippen LogP contribution in [0.4, 0.5) is 4.39 Å². The summed E-state index contributed by atoms with van der Waals surface area (Å²) in [6.45, 7) is 0.116. The molecule has 24 heavy (non-hydrogen) atoms. The van der Waals surface area contributed by atoms with Crippen LogP contribution in [0.15, 0.2) is 68.7 Å². The zero-order chi connectivity index (χ0) is 17.3. The Morgan fingerprint density at radius 1 is 1.04 bits per heavy atom. The summed E-state index contributed by atoms with van der Waals surface area (Å²) in [5.41, 5.74) is 0.503. The van der Waals surface area contributed by atoms with E-state index < -0.39 is 15.6 Å². The van der Waals surface area contributed by atoms with Gasteiger partial charge in [0.1, 0.15) is 11.4 Å². The molecular weight excluding hydrogens is 333 g/mol. The summed E-state index contributed by atoms with van der Waals surface area (Å²) in [7, 11) is -2.28. The molecule has 1 heterocycles.